The van der Waals surface area contributed by atoms with Crippen molar-refractivity contribution in [3.05, 3.63) is 28.8 Å². The summed E-state index contributed by atoms with van der Waals surface area (Å²) in [6, 6.07) is 3.84. The van der Waals surface area contributed by atoms with E-state index in [4.69, 9.17) is 0 Å². The van der Waals surface area contributed by atoms with Crippen LogP contribution in [0.25, 0.3) is 0 Å². The van der Waals surface area contributed by atoms with Crippen molar-refractivity contribution in [1.82, 2.24) is 0 Å². The predicted molar refractivity (Wildman–Crippen MR) is 40.8 cm³/mol. The third kappa shape index (κ3) is 0.991. The lowest BCUT2D eigenvalue weighted by atomic mass is 10.1. The molecule has 0 fully saturated rings. The number of hydrogen-bond acceptors (Lipinski definition) is 0. The van der Waals surface area contributed by atoms with Gasteiger partial charge in [-0.3, -0.25) is 5.11 Å². The fourth-order valence-electron chi connectivity index (χ4n) is 0.926. The van der Waals surface area contributed by atoms with Gasteiger partial charge in [-0.15, -0.1) is 0 Å². The molecule has 1 rings (SSSR count). The van der Waals surface area contributed by atoms with Crippen LogP contribution in [0.4, 0.5) is 0 Å². The second-order valence-corrected chi connectivity index (χ2v) is 2.65. The number of benzene rings is 1. The topological polar surface area (TPSA) is 19.9 Å². The highest BCUT2D eigenvalue weighted by molar-refractivity contribution is 5.42. The molecule has 0 aliphatic heterocycles. The maximum atomic E-state index is 11.2. The van der Waals surface area contributed by atoms with E-state index >= 15 is 0 Å². The van der Waals surface area contributed by atoms with Gasteiger partial charge >= 0.3 is 0 Å². The number of rotatable bonds is 0. The van der Waals surface area contributed by atoms with Gasteiger partial charge in [-0.2, -0.15) is 0 Å². The summed E-state index contributed by atoms with van der Waals surface area (Å²) in [4.78, 5) is 0. The Hall–Kier alpha value is -0.980. The van der Waals surface area contributed by atoms with Crippen LogP contribution < -0.4 is 0 Å². The summed E-state index contributed by atoms with van der Waals surface area (Å²) in [6.45, 7) is 5.66. The van der Waals surface area contributed by atoms with Gasteiger partial charge in [0.2, 0.25) is 0 Å². The van der Waals surface area contributed by atoms with E-state index in [-0.39, 0.29) is 5.75 Å². The van der Waals surface area contributed by atoms with Gasteiger partial charge in [0.25, 0.3) is 0 Å². The minimum absolute atomic E-state index is 0.181. The molecule has 1 aromatic rings. The molecule has 0 unspecified atom stereocenters. The zero-order valence-corrected chi connectivity index (χ0v) is 6.56. The summed E-state index contributed by atoms with van der Waals surface area (Å²) >= 11 is 0. The Kier molecular flexibility index (Phi) is 1.66. The Balaban J connectivity index is 3.34. The van der Waals surface area contributed by atoms with Gasteiger partial charge in [-0.25, -0.2) is 0 Å². The minimum Gasteiger partial charge on any atom is -0.289 e. The van der Waals surface area contributed by atoms with Gasteiger partial charge in [0.15, 0.2) is 5.75 Å². The van der Waals surface area contributed by atoms with E-state index in [1.54, 1.807) is 0 Å². The zero-order valence-electron chi connectivity index (χ0n) is 6.56. The van der Waals surface area contributed by atoms with Crippen LogP contribution in [0.3, 0.4) is 0 Å². The van der Waals surface area contributed by atoms with Gasteiger partial charge in [0.1, 0.15) is 0 Å². The second-order valence-electron chi connectivity index (χ2n) is 2.65. The highest BCUT2D eigenvalue weighted by Crippen LogP contribution is 2.23. The van der Waals surface area contributed by atoms with E-state index in [2.05, 4.69) is 0 Å². The Morgan fingerprint density at radius 1 is 1.00 bits per heavy atom. The summed E-state index contributed by atoms with van der Waals surface area (Å²) in [6.07, 6.45) is 0. The molecule has 0 saturated carbocycles. The molecule has 53 valence electrons. The van der Waals surface area contributed by atoms with Crippen LogP contribution in [0.15, 0.2) is 12.1 Å². The molecule has 0 spiro atoms. The first-order valence-corrected chi connectivity index (χ1v) is 3.36. The smallest absolute Gasteiger partial charge is 0.184 e. The molecule has 0 N–H and O–H groups in total. The molecule has 10 heavy (non-hydrogen) atoms. The largest absolute Gasteiger partial charge is 0.289 e. The first-order valence-electron chi connectivity index (χ1n) is 3.36. The van der Waals surface area contributed by atoms with Crippen LogP contribution in [0, 0.1) is 20.8 Å². The SMILES string of the molecule is Cc1ccc(C)c([O])c1C. The molecule has 0 heterocycles. The number of hydrogen-bond donors (Lipinski definition) is 0. The normalized spacial score (nSPS) is 9.90. The fraction of sp³-hybridized carbons (Fsp3) is 0.333. The third-order valence-electron chi connectivity index (χ3n) is 1.87. The van der Waals surface area contributed by atoms with Crippen molar-refractivity contribution < 1.29 is 5.11 Å². The van der Waals surface area contributed by atoms with Gasteiger partial charge in [-0.1, -0.05) is 12.1 Å². The maximum Gasteiger partial charge on any atom is 0.184 e. The first-order chi connectivity index (χ1) is 4.63. The quantitative estimate of drug-likeness (QED) is 0.521. The molecular weight excluding hydrogens is 124 g/mol. The molecule has 1 nitrogen and oxygen atoms in total. The zero-order chi connectivity index (χ0) is 7.72. The lowest BCUT2D eigenvalue weighted by Gasteiger charge is -2.01. The summed E-state index contributed by atoms with van der Waals surface area (Å²) in [5.74, 6) is 0.181. The molecule has 0 aliphatic rings. The molecule has 0 bridgehead atoms. The van der Waals surface area contributed by atoms with Crippen molar-refractivity contribution in [1.29, 1.82) is 0 Å². The number of aryl methyl sites for hydroxylation is 2. The van der Waals surface area contributed by atoms with Crippen molar-refractivity contribution in [3.63, 3.8) is 0 Å². The molecule has 1 aromatic carbocycles. The first kappa shape index (κ1) is 7.13. The van der Waals surface area contributed by atoms with E-state index < -0.39 is 0 Å². The van der Waals surface area contributed by atoms with Crippen LogP contribution in [-0.4, -0.2) is 0 Å². The van der Waals surface area contributed by atoms with E-state index in [0.717, 1.165) is 16.7 Å². The van der Waals surface area contributed by atoms with Crippen molar-refractivity contribution in [3.8, 4) is 5.75 Å². The Morgan fingerprint density at radius 3 is 2.00 bits per heavy atom. The minimum atomic E-state index is 0.181. The van der Waals surface area contributed by atoms with Crippen LogP contribution in [0.5, 0.6) is 5.75 Å². The van der Waals surface area contributed by atoms with E-state index in [1.807, 2.05) is 32.9 Å². The lowest BCUT2D eigenvalue weighted by Crippen LogP contribution is -1.82. The van der Waals surface area contributed by atoms with Crippen LogP contribution in [0.2, 0.25) is 0 Å². The molecule has 0 aromatic heterocycles. The summed E-state index contributed by atoms with van der Waals surface area (Å²) in [5.41, 5.74) is 2.79. The molecule has 0 atom stereocenters. The highest BCUT2D eigenvalue weighted by Gasteiger charge is 2.03. The van der Waals surface area contributed by atoms with Crippen LogP contribution >= 0.6 is 0 Å². The Labute approximate surface area is 61.3 Å². The molecule has 0 saturated heterocycles. The van der Waals surface area contributed by atoms with Crippen molar-refractivity contribution in [2.45, 2.75) is 20.8 Å². The second kappa shape index (κ2) is 2.33. The van der Waals surface area contributed by atoms with E-state index in [1.165, 1.54) is 0 Å². The molecular formula is C9H11O. The van der Waals surface area contributed by atoms with Crippen molar-refractivity contribution >= 4 is 0 Å². The monoisotopic (exact) mass is 135 g/mol. The summed E-state index contributed by atoms with van der Waals surface area (Å²) in [5, 5.41) is 11.2. The molecule has 0 aliphatic carbocycles. The van der Waals surface area contributed by atoms with Crippen molar-refractivity contribution in [2.75, 3.05) is 0 Å². The third-order valence-corrected chi connectivity index (χ3v) is 1.87. The van der Waals surface area contributed by atoms with Crippen LogP contribution in [0.1, 0.15) is 16.7 Å². The van der Waals surface area contributed by atoms with Gasteiger partial charge in [-0.05, 0) is 37.5 Å². The summed E-state index contributed by atoms with van der Waals surface area (Å²) < 4.78 is 0. The van der Waals surface area contributed by atoms with Crippen LogP contribution in [-0.2, 0) is 5.11 Å². The van der Waals surface area contributed by atoms with Gasteiger partial charge in [0, 0.05) is 0 Å². The average molecular weight is 135 g/mol. The van der Waals surface area contributed by atoms with E-state index in [0.29, 0.717) is 0 Å². The molecule has 1 heteroatoms. The Bertz CT molecular complexity index is 224. The molecule has 1 radical (unpaired) electrons. The van der Waals surface area contributed by atoms with Gasteiger partial charge < -0.3 is 0 Å². The van der Waals surface area contributed by atoms with E-state index in [9.17, 15) is 5.11 Å². The maximum absolute atomic E-state index is 11.2. The van der Waals surface area contributed by atoms with Crippen molar-refractivity contribution in [2.24, 2.45) is 0 Å². The Morgan fingerprint density at radius 2 is 1.50 bits per heavy atom. The predicted octanol–water partition coefficient (Wildman–Crippen LogP) is 2.76. The standard InChI is InChI=1S/C9H11O/c1-6-4-5-7(2)9(10)8(6)3/h4-5H,1-3H3. The van der Waals surface area contributed by atoms with Gasteiger partial charge in [0.05, 0.1) is 0 Å². The summed E-state index contributed by atoms with van der Waals surface area (Å²) in [7, 11) is 0. The molecule has 0 amide bonds. The fourth-order valence-corrected chi connectivity index (χ4v) is 0.926. The lowest BCUT2D eigenvalue weighted by molar-refractivity contribution is 0.348. The highest BCUT2D eigenvalue weighted by atomic mass is 16.3. The average Bonchev–Trinajstić information content (AvgIpc) is 1.93.